The number of benzene rings is 1. The van der Waals surface area contributed by atoms with E-state index in [1.165, 1.54) is 0 Å². The first-order valence-electron chi connectivity index (χ1n) is 5.85. The summed E-state index contributed by atoms with van der Waals surface area (Å²) in [5.41, 5.74) is 1.13. The molecule has 17 heavy (non-hydrogen) atoms. The molecule has 0 bridgehead atoms. The molecular formula is C13H21NO3. The monoisotopic (exact) mass is 239 g/mol. The maximum atomic E-state index is 9.07. The van der Waals surface area contributed by atoms with Gasteiger partial charge in [-0.1, -0.05) is 12.1 Å². The number of hydrogen-bond acceptors (Lipinski definition) is 4. The molecule has 0 heterocycles. The van der Waals surface area contributed by atoms with Crippen molar-refractivity contribution in [2.75, 3.05) is 26.9 Å². The van der Waals surface area contributed by atoms with Crippen molar-refractivity contribution in [2.24, 2.45) is 0 Å². The lowest BCUT2D eigenvalue weighted by Gasteiger charge is -2.24. The van der Waals surface area contributed by atoms with Gasteiger partial charge in [-0.25, -0.2) is 0 Å². The summed E-state index contributed by atoms with van der Waals surface area (Å²) in [7, 11) is 1.88. The summed E-state index contributed by atoms with van der Waals surface area (Å²) in [6, 6.07) is 7.64. The van der Waals surface area contributed by atoms with Crippen molar-refractivity contribution in [3.05, 3.63) is 29.8 Å². The quantitative estimate of drug-likeness (QED) is 0.741. The van der Waals surface area contributed by atoms with Gasteiger partial charge in [0.25, 0.3) is 0 Å². The summed E-state index contributed by atoms with van der Waals surface area (Å²) in [6.45, 7) is 3.23. The molecule has 0 saturated carbocycles. The van der Waals surface area contributed by atoms with Crippen molar-refractivity contribution in [3.63, 3.8) is 0 Å². The fourth-order valence-electron chi connectivity index (χ4n) is 1.61. The molecule has 0 saturated heterocycles. The highest BCUT2D eigenvalue weighted by Crippen LogP contribution is 2.13. The Kier molecular flexibility index (Phi) is 5.97. The van der Waals surface area contributed by atoms with Gasteiger partial charge in [0.2, 0.25) is 0 Å². The molecule has 0 fully saturated rings. The number of aliphatic hydroxyl groups excluding tert-OH is 2. The Morgan fingerprint density at radius 1 is 1.18 bits per heavy atom. The van der Waals surface area contributed by atoms with Crippen LogP contribution < -0.4 is 4.74 Å². The van der Waals surface area contributed by atoms with E-state index in [1.54, 1.807) is 0 Å². The van der Waals surface area contributed by atoms with E-state index in [0.29, 0.717) is 13.2 Å². The van der Waals surface area contributed by atoms with Crippen LogP contribution >= 0.6 is 0 Å². The van der Waals surface area contributed by atoms with Crippen LogP contribution in [0.3, 0.4) is 0 Å². The summed E-state index contributed by atoms with van der Waals surface area (Å²) < 4.78 is 5.36. The lowest BCUT2D eigenvalue weighted by molar-refractivity contribution is 0.0873. The Hall–Kier alpha value is -1.10. The van der Waals surface area contributed by atoms with Gasteiger partial charge in [-0.3, -0.25) is 4.90 Å². The average molecular weight is 239 g/mol. The van der Waals surface area contributed by atoms with Crippen molar-refractivity contribution >= 4 is 0 Å². The molecule has 0 atom stereocenters. The van der Waals surface area contributed by atoms with E-state index in [-0.39, 0.29) is 19.3 Å². The molecule has 96 valence electrons. The van der Waals surface area contributed by atoms with E-state index >= 15 is 0 Å². The maximum Gasteiger partial charge on any atom is 0.119 e. The highest BCUT2D eigenvalue weighted by atomic mass is 16.5. The van der Waals surface area contributed by atoms with Crippen LogP contribution in [-0.4, -0.2) is 48.0 Å². The number of hydrogen-bond donors (Lipinski definition) is 2. The lowest BCUT2D eigenvalue weighted by atomic mass is 10.2. The van der Waals surface area contributed by atoms with Crippen molar-refractivity contribution in [2.45, 2.75) is 19.5 Å². The number of aliphatic hydroxyl groups is 2. The van der Waals surface area contributed by atoms with Crippen LogP contribution in [0.1, 0.15) is 12.5 Å². The first kappa shape index (κ1) is 14.0. The van der Waals surface area contributed by atoms with Gasteiger partial charge in [0, 0.05) is 6.54 Å². The zero-order valence-corrected chi connectivity index (χ0v) is 10.5. The molecule has 0 aliphatic carbocycles. The molecular weight excluding hydrogens is 218 g/mol. The minimum atomic E-state index is -0.207. The lowest BCUT2D eigenvalue weighted by Crippen LogP contribution is -2.37. The van der Waals surface area contributed by atoms with Gasteiger partial charge in [0.15, 0.2) is 0 Å². The Labute approximate surface area is 102 Å². The number of nitrogens with zero attached hydrogens (tertiary/aromatic N) is 1. The number of ether oxygens (including phenoxy) is 1. The second-order valence-corrected chi connectivity index (χ2v) is 4.01. The second-order valence-electron chi connectivity index (χ2n) is 4.01. The fraction of sp³-hybridized carbons (Fsp3) is 0.538. The van der Waals surface area contributed by atoms with E-state index in [1.807, 2.05) is 43.1 Å². The maximum absolute atomic E-state index is 9.07. The minimum absolute atomic E-state index is 0.0377. The first-order valence-corrected chi connectivity index (χ1v) is 5.85. The normalized spacial score (nSPS) is 11.2. The van der Waals surface area contributed by atoms with E-state index in [4.69, 9.17) is 14.9 Å². The van der Waals surface area contributed by atoms with E-state index in [2.05, 4.69) is 0 Å². The second kappa shape index (κ2) is 7.27. The van der Waals surface area contributed by atoms with Gasteiger partial charge < -0.3 is 14.9 Å². The Balaban J connectivity index is 2.56. The topological polar surface area (TPSA) is 52.9 Å². The molecule has 0 aliphatic rings. The van der Waals surface area contributed by atoms with Gasteiger partial charge in [0.05, 0.1) is 25.9 Å². The average Bonchev–Trinajstić information content (AvgIpc) is 2.33. The predicted molar refractivity (Wildman–Crippen MR) is 67.0 cm³/mol. The minimum Gasteiger partial charge on any atom is -0.494 e. The van der Waals surface area contributed by atoms with E-state index < -0.39 is 0 Å². The van der Waals surface area contributed by atoms with Crippen molar-refractivity contribution in [1.29, 1.82) is 0 Å². The molecule has 0 amide bonds. The van der Waals surface area contributed by atoms with Crippen LogP contribution in [0.15, 0.2) is 24.3 Å². The van der Waals surface area contributed by atoms with Crippen LogP contribution in [-0.2, 0) is 6.54 Å². The molecule has 4 heteroatoms. The Morgan fingerprint density at radius 3 is 2.24 bits per heavy atom. The molecule has 2 N–H and O–H groups in total. The largest absolute Gasteiger partial charge is 0.494 e. The highest BCUT2D eigenvalue weighted by Gasteiger charge is 2.12. The molecule has 0 spiro atoms. The van der Waals surface area contributed by atoms with Gasteiger partial charge in [-0.05, 0) is 31.7 Å². The van der Waals surface area contributed by atoms with Crippen molar-refractivity contribution < 1.29 is 14.9 Å². The molecule has 0 aliphatic heterocycles. The zero-order chi connectivity index (χ0) is 12.7. The molecule has 1 aromatic rings. The van der Waals surface area contributed by atoms with Gasteiger partial charge >= 0.3 is 0 Å². The van der Waals surface area contributed by atoms with Gasteiger partial charge in [-0.2, -0.15) is 0 Å². The molecule has 1 aromatic carbocycles. The summed E-state index contributed by atoms with van der Waals surface area (Å²) in [6.07, 6.45) is 0. The summed E-state index contributed by atoms with van der Waals surface area (Å²) in [5, 5.41) is 18.1. The summed E-state index contributed by atoms with van der Waals surface area (Å²) in [5.74, 6) is 0.861. The molecule has 4 nitrogen and oxygen atoms in total. The summed E-state index contributed by atoms with van der Waals surface area (Å²) in [4.78, 5) is 1.93. The molecule has 0 aromatic heterocycles. The van der Waals surface area contributed by atoms with E-state index in [0.717, 1.165) is 11.3 Å². The van der Waals surface area contributed by atoms with Crippen LogP contribution in [0.5, 0.6) is 5.75 Å². The first-order chi connectivity index (χ1) is 8.21. The number of likely N-dealkylation sites (N-methyl/N-ethyl adjacent to an activating group) is 1. The molecule has 0 unspecified atom stereocenters. The standard InChI is InChI=1S/C13H21NO3/c1-3-17-13-6-4-11(5-7-13)8-14(2)12(9-15)10-16/h4-7,12,15-16H,3,8-10H2,1-2H3. The number of rotatable bonds is 7. The van der Waals surface area contributed by atoms with Crippen LogP contribution in [0.2, 0.25) is 0 Å². The summed E-state index contributed by atoms with van der Waals surface area (Å²) >= 11 is 0. The van der Waals surface area contributed by atoms with Crippen LogP contribution in [0, 0.1) is 0 Å². The highest BCUT2D eigenvalue weighted by molar-refractivity contribution is 5.27. The van der Waals surface area contributed by atoms with Crippen LogP contribution in [0.4, 0.5) is 0 Å². The fourth-order valence-corrected chi connectivity index (χ4v) is 1.61. The molecule has 0 radical (unpaired) electrons. The Morgan fingerprint density at radius 2 is 1.76 bits per heavy atom. The van der Waals surface area contributed by atoms with E-state index in [9.17, 15) is 0 Å². The third kappa shape index (κ3) is 4.34. The SMILES string of the molecule is CCOc1ccc(CN(C)C(CO)CO)cc1. The Bertz CT molecular complexity index is 309. The van der Waals surface area contributed by atoms with Gasteiger partial charge in [-0.15, -0.1) is 0 Å². The van der Waals surface area contributed by atoms with Gasteiger partial charge in [0.1, 0.15) is 5.75 Å². The van der Waals surface area contributed by atoms with Crippen LogP contribution in [0.25, 0.3) is 0 Å². The third-order valence-corrected chi connectivity index (χ3v) is 2.71. The van der Waals surface area contributed by atoms with Crippen molar-refractivity contribution in [3.8, 4) is 5.75 Å². The predicted octanol–water partition coefficient (Wildman–Crippen LogP) is 0.870. The zero-order valence-electron chi connectivity index (χ0n) is 10.5. The smallest absolute Gasteiger partial charge is 0.119 e. The molecule has 1 rings (SSSR count). The van der Waals surface area contributed by atoms with Crippen molar-refractivity contribution in [1.82, 2.24) is 4.90 Å². The third-order valence-electron chi connectivity index (χ3n) is 2.71.